The summed E-state index contributed by atoms with van der Waals surface area (Å²) < 4.78 is 5.79. The van der Waals surface area contributed by atoms with Crippen LogP contribution in [0.15, 0.2) is 70.5 Å². The van der Waals surface area contributed by atoms with Crippen LogP contribution in [0.25, 0.3) is 34.2 Å². The molecule has 30 heavy (non-hydrogen) atoms. The second kappa shape index (κ2) is 8.33. The molecule has 2 heterocycles. The van der Waals surface area contributed by atoms with Crippen molar-refractivity contribution in [3.63, 3.8) is 0 Å². The fourth-order valence-electron chi connectivity index (χ4n) is 2.77. The van der Waals surface area contributed by atoms with Gasteiger partial charge in [-0.15, -0.1) is 11.3 Å². The Bertz CT molecular complexity index is 1280. The molecule has 0 N–H and O–H groups in total. The van der Waals surface area contributed by atoms with Crippen LogP contribution < -0.4 is 0 Å². The number of furan rings is 1. The average molecular weight is 434 g/mol. The quantitative estimate of drug-likeness (QED) is 0.198. The molecule has 0 amide bonds. The summed E-state index contributed by atoms with van der Waals surface area (Å²) in [6, 6.07) is 19.1. The van der Waals surface area contributed by atoms with Crippen molar-refractivity contribution in [2.24, 2.45) is 0 Å². The third kappa shape index (κ3) is 4.15. The number of allylic oxidation sites excluding steroid dienone is 1. The Morgan fingerprint density at radius 1 is 1.10 bits per heavy atom. The molecule has 0 fully saturated rings. The predicted octanol–water partition coefficient (Wildman–Crippen LogP) is 6.70. The summed E-state index contributed by atoms with van der Waals surface area (Å²) in [6.45, 7) is 0. The van der Waals surface area contributed by atoms with E-state index >= 15 is 0 Å². The molecule has 6 nitrogen and oxygen atoms in total. The van der Waals surface area contributed by atoms with E-state index in [-0.39, 0.29) is 5.69 Å². The molecule has 0 aliphatic rings. The summed E-state index contributed by atoms with van der Waals surface area (Å²) in [6.07, 6.45) is 1.62. The van der Waals surface area contributed by atoms with E-state index in [0.717, 1.165) is 11.3 Å². The summed E-state index contributed by atoms with van der Waals surface area (Å²) in [4.78, 5) is 14.9. The molecule has 0 spiro atoms. The minimum atomic E-state index is -0.453. The number of rotatable bonds is 5. The van der Waals surface area contributed by atoms with Crippen LogP contribution >= 0.6 is 22.9 Å². The monoisotopic (exact) mass is 433 g/mol. The Morgan fingerprint density at radius 3 is 2.47 bits per heavy atom. The van der Waals surface area contributed by atoms with E-state index < -0.39 is 4.92 Å². The number of benzene rings is 2. The molecule has 0 aliphatic carbocycles. The predicted molar refractivity (Wildman–Crippen MR) is 117 cm³/mol. The van der Waals surface area contributed by atoms with Gasteiger partial charge in [-0.3, -0.25) is 10.1 Å². The molecule has 2 aromatic carbocycles. The van der Waals surface area contributed by atoms with Crippen LogP contribution in [0.4, 0.5) is 5.69 Å². The number of non-ortho nitro benzene ring substituents is 1. The van der Waals surface area contributed by atoms with E-state index in [4.69, 9.17) is 16.0 Å². The maximum absolute atomic E-state index is 10.8. The van der Waals surface area contributed by atoms with Gasteiger partial charge in [0.15, 0.2) is 0 Å². The number of nitro groups is 1. The summed E-state index contributed by atoms with van der Waals surface area (Å²) in [5.41, 5.74) is 2.77. The molecule has 4 aromatic rings. The van der Waals surface area contributed by atoms with Gasteiger partial charge in [-0.05, 0) is 36.4 Å². The summed E-state index contributed by atoms with van der Waals surface area (Å²) in [7, 11) is 0. The second-order valence-corrected chi connectivity index (χ2v) is 7.52. The molecule has 0 saturated carbocycles. The van der Waals surface area contributed by atoms with Crippen molar-refractivity contribution in [1.82, 2.24) is 4.98 Å². The number of nitro benzene ring substituents is 1. The topological polar surface area (TPSA) is 93.0 Å². The van der Waals surface area contributed by atoms with Gasteiger partial charge in [-0.25, -0.2) is 4.98 Å². The zero-order chi connectivity index (χ0) is 21.1. The van der Waals surface area contributed by atoms with Gasteiger partial charge in [0.25, 0.3) is 5.69 Å². The fourth-order valence-corrected chi connectivity index (χ4v) is 3.69. The van der Waals surface area contributed by atoms with Crippen molar-refractivity contribution in [3.05, 3.63) is 91.9 Å². The highest BCUT2D eigenvalue weighted by Crippen LogP contribution is 2.30. The summed E-state index contributed by atoms with van der Waals surface area (Å²) in [5.74, 6) is 1.04. The van der Waals surface area contributed by atoms with Gasteiger partial charge in [0.1, 0.15) is 22.6 Å². The van der Waals surface area contributed by atoms with E-state index in [9.17, 15) is 15.4 Å². The number of thiazole rings is 1. The first kappa shape index (κ1) is 19.6. The number of halogens is 1. The van der Waals surface area contributed by atoms with Gasteiger partial charge in [-0.1, -0.05) is 23.7 Å². The minimum absolute atomic E-state index is 0.0115. The van der Waals surface area contributed by atoms with Crippen molar-refractivity contribution < 1.29 is 9.34 Å². The fraction of sp³-hybridized carbons (Fsp3) is 0. The maximum Gasteiger partial charge on any atom is 0.269 e. The SMILES string of the molecule is N#CC(=Cc1ccc(-c2ccc([N+](=O)[O-])cc2)o1)c1nc(-c2ccc(Cl)cc2)cs1. The summed E-state index contributed by atoms with van der Waals surface area (Å²) >= 11 is 7.29. The van der Waals surface area contributed by atoms with Crippen LogP contribution in [0, 0.1) is 21.4 Å². The first-order valence-corrected chi connectivity index (χ1v) is 9.97. The highest BCUT2D eigenvalue weighted by molar-refractivity contribution is 7.11. The Morgan fingerprint density at radius 2 is 1.80 bits per heavy atom. The van der Waals surface area contributed by atoms with Gasteiger partial charge < -0.3 is 4.42 Å². The van der Waals surface area contributed by atoms with Gasteiger partial charge in [0, 0.05) is 39.7 Å². The third-order valence-corrected chi connectivity index (χ3v) is 5.40. The normalized spacial score (nSPS) is 11.3. The Kier molecular flexibility index (Phi) is 5.44. The molecule has 146 valence electrons. The number of nitrogens with zero attached hydrogens (tertiary/aromatic N) is 3. The average Bonchev–Trinajstić information content (AvgIpc) is 3.42. The van der Waals surface area contributed by atoms with Crippen molar-refractivity contribution in [2.45, 2.75) is 0 Å². The number of aromatic nitrogens is 1. The van der Waals surface area contributed by atoms with E-state index in [1.54, 1.807) is 42.5 Å². The molecule has 0 aliphatic heterocycles. The molecular formula is C22H12ClN3O3S. The van der Waals surface area contributed by atoms with Gasteiger partial charge in [0.05, 0.1) is 16.2 Å². The van der Waals surface area contributed by atoms with Crippen LogP contribution in [0.2, 0.25) is 5.02 Å². The maximum atomic E-state index is 10.8. The van der Waals surface area contributed by atoms with E-state index in [1.807, 2.05) is 17.5 Å². The lowest BCUT2D eigenvalue weighted by molar-refractivity contribution is -0.384. The zero-order valence-corrected chi connectivity index (χ0v) is 16.9. The van der Waals surface area contributed by atoms with Gasteiger partial charge in [0.2, 0.25) is 0 Å². The number of hydrogen-bond donors (Lipinski definition) is 0. The molecule has 0 radical (unpaired) electrons. The number of nitriles is 1. The van der Waals surface area contributed by atoms with E-state index in [1.165, 1.54) is 23.5 Å². The molecule has 0 bridgehead atoms. The Labute approximate surface area is 180 Å². The van der Waals surface area contributed by atoms with E-state index in [0.29, 0.717) is 32.7 Å². The largest absolute Gasteiger partial charge is 0.457 e. The van der Waals surface area contributed by atoms with Crippen LogP contribution in [0.1, 0.15) is 10.8 Å². The van der Waals surface area contributed by atoms with Crippen molar-refractivity contribution in [2.75, 3.05) is 0 Å². The third-order valence-electron chi connectivity index (χ3n) is 4.27. The van der Waals surface area contributed by atoms with Crippen molar-refractivity contribution >= 4 is 40.3 Å². The van der Waals surface area contributed by atoms with Crippen LogP contribution in [-0.4, -0.2) is 9.91 Å². The van der Waals surface area contributed by atoms with Gasteiger partial charge >= 0.3 is 0 Å². The lowest BCUT2D eigenvalue weighted by Gasteiger charge is -1.97. The molecule has 0 saturated heterocycles. The van der Waals surface area contributed by atoms with Crippen LogP contribution in [-0.2, 0) is 0 Å². The van der Waals surface area contributed by atoms with Gasteiger partial charge in [-0.2, -0.15) is 5.26 Å². The van der Waals surface area contributed by atoms with Crippen molar-refractivity contribution in [3.8, 4) is 28.7 Å². The molecule has 2 aromatic heterocycles. The molecule has 0 atom stereocenters. The Balaban J connectivity index is 1.59. The van der Waals surface area contributed by atoms with Crippen LogP contribution in [0.3, 0.4) is 0 Å². The molecular weight excluding hydrogens is 422 g/mol. The Hall–Kier alpha value is -3.73. The highest BCUT2D eigenvalue weighted by Gasteiger charge is 2.12. The van der Waals surface area contributed by atoms with Crippen molar-refractivity contribution in [1.29, 1.82) is 5.26 Å². The summed E-state index contributed by atoms with van der Waals surface area (Å²) in [5, 5.41) is 23.5. The van der Waals surface area contributed by atoms with Crippen LogP contribution in [0.5, 0.6) is 0 Å². The molecule has 0 unspecified atom stereocenters. The molecule has 4 rings (SSSR count). The lowest BCUT2D eigenvalue weighted by atomic mass is 10.1. The minimum Gasteiger partial charge on any atom is -0.457 e. The smallest absolute Gasteiger partial charge is 0.269 e. The lowest BCUT2D eigenvalue weighted by Crippen LogP contribution is -1.86. The second-order valence-electron chi connectivity index (χ2n) is 6.22. The van der Waals surface area contributed by atoms with E-state index in [2.05, 4.69) is 11.1 Å². The highest BCUT2D eigenvalue weighted by atomic mass is 35.5. The molecule has 8 heteroatoms. The first-order chi connectivity index (χ1) is 14.5. The zero-order valence-electron chi connectivity index (χ0n) is 15.3. The number of hydrogen-bond acceptors (Lipinski definition) is 6. The first-order valence-electron chi connectivity index (χ1n) is 8.72. The standard InChI is InChI=1S/C22H12ClN3O3S/c23-17-5-1-14(2-6-17)20-13-30-22(25-20)16(12-24)11-19-9-10-21(29-19)15-3-7-18(8-4-15)26(27)28/h1-11,13H.